The maximum atomic E-state index is 12.3. The van der Waals surface area contributed by atoms with Crippen LogP contribution in [0.2, 0.25) is 0 Å². The molecule has 1 fully saturated rings. The number of carbonyl (C=O) groups is 3. The van der Waals surface area contributed by atoms with Gasteiger partial charge in [0, 0.05) is 5.41 Å². The van der Waals surface area contributed by atoms with Crippen LogP contribution in [-0.2, 0) is 23.9 Å². The lowest BCUT2D eigenvalue weighted by Gasteiger charge is -2.31. The summed E-state index contributed by atoms with van der Waals surface area (Å²) >= 11 is 0. The second-order valence-electron chi connectivity index (χ2n) is 5.93. The topological polar surface area (TPSA) is 69.7 Å². The molecule has 0 saturated heterocycles. The Morgan fingerprint density at radius 3 is 2.36 bits per heavy atom. The number of allylic oxidation sites excluding steroid dienone is 5. The normalized spacial score (nSPS) is 29.1. The highest BCUT2D eigenvalue weighted by molar-refractivity contribution is 6.05. The minimum Gasteiger partial charge on any atom is -0.468 e. The van der Waals surface area contributed by atoms with Crippen LogP contribution in [0.5, 0.6) is 0 Å². The summed E-state index contributed by atoms with van der Waals surface area (Å²) in [6.45, 7) is 5.55. The van der Waals surface area contributed by atoms with Crippen LogP contribution in [0.15, 0.2) is 36.5 Å². The number of methoxy groups -OCH3 is 2. The molecule has 0 aromatic carbocycles. The molecule has 0 radical (unpaired) electrons. The molecule has 2 rings (SSSR count). The molecular formula is C17H20O5. The summed E-state index contributed by atoms with van der Waals surface area (Å²) < 4.78 is 9.70. The van der Waals surface area contributed by atoms with Crippen LogP contribution in [0.4, 0.5) is 0 Å². The summed E-state index contributed by atoms with van der Waals surface area (Å²) in [5.41, 5.74) is -1.37. The van der Waals surface area contributed by atoms with Crippen LogP contribution >= 0.6 is 0 Å². The van der Waals surface area contributed by atoms with E-state index in [0.717, 1.165) is 0 Å². The van der Waals surface area contributed by atoms with Gasteiger partial charge in [-0.15, -0.1) is 6.58 Å². The van der Waals surface area contributed by atoms with Gasteiger partial charge in [0.15, 0.2) is 11.2 Å². The summed E-state index contributed by atoms with van der Waals surface area (Å²) in [7, 11) is 2.50. The molecule has 2 aliphatic rings. The van der Waals surface area contributed by atoms with Crippen molar-refractivity contribution in [2.24, 2.45) is 16.7 Å². The van der Waals surface area contributed by atoms with Gasteiger partial charge in [0.25, 0.3) is 0 Å². The first kappa shape index (κ1) is 16.2. The van der Waals surface area contributed by atoms with Crippen molar-refractivity contribution in [2.45, 2.75) is 19.8 Å². The number of hydrogen-bond acceptors (Lipinski definition) is 5. The van der Waals surface area contributed by atoms with E-state index in [1.165, 1.54) is 20.3 Å². The van der Waals surface area contributed by atoms with E-state index in [1.54, 1.807) is 19.1 Å². The predicted octanol–water partition coefficient (Wildman–Crippen LogP) is 1.99. The molecule has 0 bridgehead atoms. The van der Waals surface area contributed by atoms with Crippen molar-refractivity contribution >= 4 is 17.7 Å². The monoisotopic (exact) mass is 304 g/mol. The van der Waals surface area contributed by atoms with Crippen molar-refractivity contribution < 1.29 is 23.9 Å². The average molecular weight is 304 g/mol. The molecule has 0 N–H and O–H groups in total. The molecule has 0 unspecified atom stereocenters. The lowest BCUT2D eigenvalue weighted by molar-refractivity contribution is -0.169. The van der Waals surface area contributed by atoms with E-state index >= 15 is 0 Å². The summed E-state index contributed by atoms with van der Waals surface area (Å²) in [6, 6.07) is 0. The largest absolute Gasteiger partial charge is 0.468 e. The van der Waals surface area contributed by atoms with Crippen molar-refractivity contribution in [3.63, 3.8) is 0 Å². The Morgan fingerprint density at radius 1 is 1.32 bits per heavy atom. The quantitative estimate of drug-likeness (QED) is 0.453. The van der Waals surface area contributed by atoms with E-state index in [1.807, 2.05) is 6.08 Å². The first-order valence-corrected chi connectivity index (χ1v) is 7.07. The predicted molar refractivity (Wildman–Crippen MR) is 79.7 cm³/mol. The first-order chi connectivity index (χ1) is 10.3. The molecule has 5 nitrogen and oxygen atoms in total. The highest BCUT2D eigenvalue weighted by Gasteiger charge is 2.61. The fraction of sp³-hybridized carbons (Fsp3) is 0.471. The molecule has 5 heteroatoms. The molecule has 0 heterocycles. The maximum absolute atomic E-state index is 12.3. The SMILES string of the molecule is C=C[C@H]1CC(C(=O)OC)(C(=O)OC)C[C@]12C=CC(=O)C(C)=C2. The zero-order chi connectivity index (χ0) is 16.5. The number of esters is 2. The second-order valence-corrected chi connectivity index (χ2v) is 5.93. The third kappa shape index (κ3) is 2.21. The molecule has 1 spiro atoms. The third-order valence-corrected chi connectivity index (χ3v) is 4.72. The molecule has 2 aliphatic carbocycles. The molecule has 22 heavy (non-hydrogen) atoms. The Labute approximate surface area is 129 Å². The van der Waals surface area contributed by atoms with E-state index < -0.39 is 22.8 Å². The molecular weight excluding hydrogens is 284 g/mol. The maximum Gasteiger partial charge on any atom is 0.323 e. The molecule has 0 aromatic rings. The van der Waals surface area contributed by atoms with Crippen LogP contribution in [0.25, 0.3) is 0 Å². The smallest absolute Gasteiger partial charge is 0.323 e. The van der Waals surface area contributed by atoms with Gasteiger partial charge in [0.2, 0.25) is 0 Å². The molecule has 0 aromatic heterocycles. The van der Waals surface area contributed by atoms with Gasteiger partial charge in [-0.05, 0) is 37.3 Å². The highest BCUT2D eigenvalue weighted by Crippen LogP contribution is 2.57. The summed E-state index contributed by atoms with van der Waals surface area (Å²) in [6.07, 6.45) is 7.26. The summed E-state index contributed by atoms with van der Waals surface area (Å²) in [5, 5.41) is 0. The lowest BCUT2D eigenvalue weighted by Crippen LogP contribution is -2.40. The zero-order valence-corrected chi connectivity index (χ0v) is 13.0. The number of rotatable bonds is 3. The van der Waals surface area contributed by atoms with Gasteiger partial charge < -0.3 is 9.47 Å². The van der Waals surface area contributed by atoms with Crippen LogP contribution in [0, 0.1) is 16.7 Å². The van der Waals surface area contributed by atoms with E-state index in [4.69, 9.17) is 9.47 Å². The van der Waals surface area contributed by atoms with E-state index in [9.17, 15) is 14.4 Å². The zero-order valence-electron chi connectivity index (χ0n) is 13.0. The molecule has 0 aliphatic heterocycles. The fourth-order valence-corrected chi connectivity index (χ4v) is 3.60. The number of hydrogen-bond donors (Lipinski definition) is 0. The van der Waals surface area contributed by atoms with Crippen LogP contribution in [0.3, 0.4) is 0 Å². The van der Waals surface area contributed by atoms with Crippen molar-refractivity contribution in [3.05, 3.63) is 36.5 Å². The van der Waals surface area contributed by atoms with Gasteiger partial charge in [-0.2, -0.15) is 0 Å². The Bertz CT molecular complexity index is 582. The minimum atomic E-state index is -1.37. The van der Waals surface area contributed by atoms with Gasteiger partial charge in [0.1, 0.15) is 0 Å². The van der Waals surface area contributed by atoms with Gasteiger partial charge in [0.05, 0.1) is 14.2 Å². The lowest BCUT2D eigenvalue weighted by atomic mass is 9.72. The van der Waals surface area contributed by atoms with Crippen molar-refractivity contribution in [1.82, 2.24) is 0 Å². The third-order valence-electron chi connectivity index (χ3n) is 4.72. The highest BCUT2D eigenvalue weighted by atomic mass is 16.5. The van der Waals surface area contributed by atoms with Gasteiger partial charge in [-0.3, -0.25) is 14.4 Å². The molecule has 1 saturated carbocycles. The molecule has 118 valence electrons. The van der Waals surface area contributed by atoms with Crippen LogP contribution < -0.4 is 0 Å². The van der Waals surface area contributed by atoms with Gasteiger partial charge >= 0.3 is 11.9 Å². The van der Waals surface area contributed by atoms with E-state index in [-0.39, 0.29) is 24.5 Å². The number of ether oxygens (including phenoxy) is 2. The van der Waals surface area contributed by atoms with Crippen molar-refractivity contribution in [1.29, 1.82) is 0 Å². The number of ketones is 1. The van der Waals surface area contributed by atoms with Gasteiger partial charge in [-0.1, -0.05) is 18.2 Å². The second kappa shape index (κ2) is 5.55. The standard InChI is InChI=1S/C17H20O5/c1-5-12-9-17(14(19)21-3,15(20)22-4)10-16(12)7-6-13(18)11(2)8-16/h5-8,12H,1,9-10H2,2-4H3/t12-,16+/m0/s1. The van der Waals surface area contributed by atoms with Crippen LogP contribution in [0.1, 0.15) is 19.8 Å². The van der Waals surface area contributed by atoms with E-state index in [2.05, 4.69) is 6.58 Å². The van der Waals surface area contributed by atoms with Crippen molar-refractivity contribution in [3.8, 4) is 0 Å². The fourth-order valence-electron chi connectivity index (χ4n) is 3.60. The first-order valence-electron chi connectivity index (χ1n) is 7.07. The Kier molecular flexibility index (Phi) is 4.09. The van der Waals surface area contributed by atoms with E-state index in [0.29, 0.717) is 5.57 Å². The minimum absolute atomic E-state index is 0.0675. The Morgan fingerprint density at radius 2 is 1.91 bits per heavy atom. The summed E-state index contributed by atoms with van der Waals surface area (Å²) in [4.78, 5) is 36.3. The summed E-state index contributed by atoms with van der Waals surface area (Å²) in [5.74, 6) is -1.45. The Hall–Kier alpha value is -2.17. The molecule has 0 amide bonds. The number of carbonyl (C=O) groups excluding carboxylic acids is 3. The van der Waals surface area contributed by atoms with Crippen molar-refractivity contribution in [2.75, 3.05) is 14.2 Å². The van der Waals surface area contributed by atoms with Crippen LogP contribution in [-0.4, -0.2) is 31.9 Å². The average Bonchev–Trinajstić information content (AvgIpc) is 2.85. The van der Waals surface area contributed by atoms with Gasteiger partial charge in [-0.25, -0.2) is 0 Å². The Balaban J connectivity index is 2.54. The molecule has 2 atom stereocenters.